The molecule has 0 heterocycles. The van der Waals surface area contributed by atoms with E-state index in [0.29, 0.717) is 5.56 Å². The summed E-state index contributed by atoms with van der Waals surface area (Å²) in [5.41, 5.74) is 0.351. The van der Waals surface area contributed by atoms with Crippen molar-refractivity contribution >= 4 is 11.6 Å². The van der Waals surface area contributed by atoms with Gasteiger partial charge in [0.05, 0.1) is 0 Å². The molecule has 2 atom stereocenters. The average molecular weight is 233 g/mol. The molecule has 0 saturated heterocycles. The van der Waals surface area contributed by atoms with Gasteiger partial charge in [-0.05, 0) is 17.5 Å². The third kappa shape index (κ3) is 2.69. The number of hydrogen-bond acceptors (Lipinski definition) is 0. The van der Waals surface area contributed by atoms with E-state index in [9.17, 15) is 8.78 Å². The van der Waals surface area contributed by atoms with Crippen LogP contribution in [0.5, 0.6) is 0 Å². The van der Waals surface area contributed by atoms with Gasteiger partial charge in [0.25, 0.3) is 0 Å². The summed E-state index contributed by atoms with van der Waals surface area (Å²) in [6.07, 6.45) is 0. The van der Waals surface area contributed by atoms with Gasteiger partial charge in [-0.15, -0.1) is 11.6 Å². The van der Waals surface area contributed by atoms with Crippen LogP contribution in [0.15, 0.2) is 18.2 Å². The van der Waals surface area contributed by atoms with E-state index < -0.39 is 11.6 Å². The molecular formula is C12H15ClF2. The Hall–Kier alpha value is -0.630. The maximum Gasteiger partial charge on any atom is 0.162 e. The van der Waals surface area contributed by atoms with Crippen molar-refractivity contribution in [2.24, 2.45) is 5.92 Å². The van der Waals surface area contributed by atoms with Crippen LogP contribution in [0, 0.1) is 17.6 Å². The minimum absolute atomic E-state index is 0.192. The summed E-state index contributed by atoms with van der Waals surface area (Å²) < 4.78 is 26.4. The smallest absolute Gasteiger partial charge is 0.162 e. The minimum Gasteiger partial charge on any atom is -0.204 e. The lowest BCUT2D eigenvalue weighted by Gasteiger charge is -2.22. The molecule has 0 aromatic heterocycles. The van der Waals surface area contributed by atoms with E-state index in [-0.39, 0.29) is 17.2 Å². The highest BCUT2D eigenvalue weighted by Crippen LogP contribution is 2.30. The molecule has 0 saturated carbocycles. The molecule has 84 valence electrons. The fourth-order valence-electron chi connectivity index (χ4n) is 1.62. The number of halogens is 3. The van der Waals surface area contributed by atoms with Gasteiger partial charge in [-0.25, -0.2) is 8.78 Å². The fourth-order valence-corrected chi connectivity index (χ4v) is 1.76. The van der Waals surface area contributed by atoms with E-state index >= 15 is 0 Å². The van der Waals surface area contributed by atoms with Gasteiger partial charge in [0.2, 0.25) is 0 Å². The van der Waals surface area contributed by atoms with Crippen molar-refractivity contribution in [1.82, 2.24) is 0 Å². The second-order valence-electron chi connectivity index (χ2n) is 4.12. The molecule has 1 rings (SSSR count). The number of rotatable bonds is 3. The fraction of sp³-hybridized carbons (Fsp3) is 0.500. The van der Waals surface area contributed by atoms with Crippen LogP contribution in [-0.4, -0.2) is 5.38 Å². The van der Waals surface area contributed by atoms with Crippen LogP contribution in [0.3, 0.4) is 0 Å². The quantitative estimate of drug-likeness (QED) is 0.681. The maximum atomic E-state index is 13.4. The van der Waals surface area contributed by atoms with Crippen molar-refractivity contribution in [2.45, 2.75) is 32.1 Å². The van der Waals surface area contributed by atoms with E-state index in [1.165, 1.54) is 6.07 Å². The molecule has 0 bridgehead atoms. The SMILES string of the molecule is CC(C)C(Cl)C(C)c1cccc(F)c1F. The molecule has 0 N–H and O–H groups in total. The van der Waals surface area contributed by atoms with Gasteiger partial charge < -0.3 is 0 Å². The van der Waals surface area contributed by atoms with Gasteiger partial charge in [0, 0.05) is 11.3 Å². The van der Waals surface area contributed by atoms with Crippen LogP contribution in [0.25, 0.3) is 0 Å². The Morgan fingerprint density at radius 3 is 2.27 bits per heavy atom. The molecule has 0 nitrogen and oxygen atoms in total. The van der Waals surface area contributed by atoms with E-state index in [0.717, 1.165) is 6.07 Å². The molecular weight excluding hydrogens is 218 g/mol. The first-order valence-electron chi connectivity index (χ1n) is 5.03. The predicted molar refractivity (Wildman–Crippen MR) is 59.3 cm³/mol. The molecule has 0 aliphatic rings. The van der Waals surface area contributed by atoms with Crippen molar-refractivity contribution in [2.75, 3.05) is 0 Å². The minimum atomic E-state index is -0.813. The molecule has 1 aromatic rings. The van der Waals surface area contributed by atoms with Crippen LogP contribution in [0.1, 0.15) is 32.3 Å². The van der Waals surface area contributed by atoms with Gasteiger partial charge in [-0.3, -0.25) is 0 Å². The molecule has 0 spiro atoms. The van der Waals surface area contributed by atoms with Crippen molar-refractivity contribution in [3.8, 4) is 0 Å². The summed E-state index contributed by atoms with van der Waals surface area (Å²) in [5, 5.41) is -0.193. The van der Waals surface area contributed by atoms with Crippen LogP contribution >= 0.6 is 11.6 Å². The maximum absolute atomic E-state index is 13.4. The molecule has 0 aliphatic carbocycles. The third-order valence-corrected chi connectivity index (χ3v) is 3.47. The zero-order chi connectivity index (χ0) is 11.6. The third-order valence-electron chi connectivity index (χ3n) is 2.59. The van der Waals surface area contributed by atoms with Crippen molar-refractivity contribution in [3.05, 3.63) is 35.4 Å². The molecule has 0 radical (unpaired) electrons. The average Bonchev–Trinajstić information content (AvgIpc) is 2.20. The lowest BCUT2D eigenvalue weighted by Crippen LogP contribution is -2.17. The standard InChI is InChI=1S/C12H15ClF2/c1-7(2)11(13)8(3)9-5-4-6-10(14)12(9)15/h4-8,11H,1-3H3. The van der Waals surface area contributed by atoms with Crippen LogP contribution in [-0.2, 0) is 0 Å². The Morgan fingerprint density at radius 1 is 1.13 bits per heavy atom. The molecule has 2 unspecified atom stereocenters. The predicted octanol–water partition coefficient (Wildman–Crippen LogP) is 4.33. The Bertz CT molecular complexity index is 336. The molecule has 1 aromatic carbocycles. The Kier molecular flexibility index (Phi) is 4.09. The van der Waals surface area contributed by atoms with Gasteiger partial charge >= 0.3 is 0 Å². The molecule has 0 amide bonds. The van der Waals surface area contributed by atoms with E-state index in [1.807, 2.05) is 20.8 Å². The van der Waals surface area contributed by atoms with Crippen molar-refractivity contribution in [1.29, 1.82) is 0 Å². The van der Waals surface area contributed by atoms with Gasteiger partial charge in [0.15, 0.2) is 11.6 Å². The number of hydrogen-bond donors (Lipinski definition) is 0. The number of benzene rings is 1. The van der Waals surface area contributed by atoms with Crippen LogP contribution < -0.4 is 0 Å². The topological polar surface area (TPSA) is 0 Å². The van der Waals surface area contributed by atoms with Gasteiger partial charge in [-0.1, -0.05) is 32.9 Å². The van der Waals surface area contributed by atoms with E-state index in [4.69, 9.17) is 11.6 Å². The zero-order valence-electron chi connectivity index (χ0n) is 9.10. The zero-order valence-corrected chi connectivity index (χ0v) is 9.85. The monoisotopic (exact) mass is 232 g/mol. The Labute approximate surface area is 94.3 Å². The summed E-state index contributed by atoms with van der Waals surface area (Å²) in [6.45, 7) is 5.74. The molecule has 0 fully saturated rings. The first-order chi connectivity index (χ1) is 6.95. The summed E-state index contributed by atoms with van der Waals surface area (Å²) in [7, 11) is 0. The Balaban J connectivity index is 3.01. The van der Waals surface area contributed by atoms with Crippen molar-refractivity contribution in [3.63, 3.8) is 0 Å². The molecule has 0 aliphatic heterocycles. The van der Waals surface area contributed by atoms with Crippen LogP contribution in [0.2, 0.25) is 0 Å². The largest absolute Gasteiger partial charge is 0.204 e. The highest BCUT2D eigenvalue weighted by atomic mass is 35.5. The summed E-state index contributed by atoms with van der Waals surface area (Å²) in [5.74, 6) is -1.56. The highest BCUT2D eigenvalue weighted by molar-refractivity contribution is 6.21. The second-order valence-corrected chi connectivity index (χ2v) is 4.62. The molecule has 3 heteroatoms. The first kappa shape index (κ1) is 12.4. The summed E-state index contributed by atoms with van der Waals surface area (Å²) >= 11 is 6.14. The van der Waals surface area contributed by atoms with Crippen LogP contribution in [0.4, 0.5) is 8.78 Å². The lowest BCUT2D eigenvalue weighted by atomic mass is 9.91. The first-order valence-corrected chi connectivity index (χ1v) is 5.46. The summed E-state index contributed by atoms with van der Waals surface area (Å²) in [6, 6.07) is 4.21. The lowest BCUT2D eigenvalue weighted by molar-refractivity contribution is 0.470. The highest BCUT2D eigenvalue weighted by Gasteiger charge is 2.23. The number of alkyl halides is 1. The van der Waals surface area contributed by atoms with Crippen molar-refractivity contribution < 1.29 is 8.78 Å². The van der Waals surface area contributed by atoms with Gasteiger partial charge in [0.1, 0.15) is 0 Å². The second kappa shape index (κ2) is 4.93. The van der Waals surface area contributed by atoms with E-state index in [1.54, 1.807) is 6.07 Å². The van der Waals surface area contributed by atoms with E-state index in [2.05, 4.69) is 0 Å². The summed E-state index contributed by atoms with van der Waals surface area (Å²) in [4.78, 5) is 0. The molecule has 15 heavy (non-hydrogen) atoms. The normalized spacial score (nSPS) is 15.4. The van der Waals surface area contributed by atoms with Gasteiger partial charge in [-0.2, -0.15) is 0 Å². The Morgan fingerprint density at radius 2 is 1.73 bits per heavy atom.